The van der Waals surface area contributed by atoms with Gasteiger partial charge in [-0.15, -0.1) is 0 Å². The third kappa shape index (κ3) is 5.43. The van der Waals surface area contributed by atoms with Gasteiger partial charge in [0, 0.05) is 23.9 Å². The number of fused-ring (bicyclic) bond motifs is 1. The van der Waals surface area contributed by atoms with Gasteiger partial charge in [0.25, 0.3) is 0 Å². The number of carbonyl (C=O) groups excluding carboxylic acids is 2. The van der Waals surface area contributed by atoms with Crippen LogP contribution >= 0.6 is 0 Å². The molecule has 1 aliphatic rings. The molecule has 0 saturated heterocycles. The molecule has 0 unspecified atom stereocenters. The summed E-state index contributed by atoms with van der Waals surface area (Å²) in [6, 6.07) is 10.8. The molecule has 0 aliphatic carbocycles. The van der Waals surface area contributed by atoms with E-state index < -0.39 is 0 Å². The highest BCUT2D eigenvalue weighted by molar-refractivity contribution is 6.14. The lowest BCUT2D eigenvalue weighted by Crippen LogP contribution is -2.41. The van der Waals surface area contributed by atoms with E-state index in [4.69, 9.17) is 14.6 Å². The van der Waals surface area contributed by atoms with E-state index in [9.17, 15) is 9.59 Å². The van der Waals surface area contributed by atoms with Crippen molar-refractivity contribution in [3.8, 4) is 11.5 Å². The molecule has 0 saturated carbocycles. The zero-order valence-corrected chi connectivity index (χ0v) is 19.9. The third-order valence-electron chi connectivity index (χ3n) is 5.33. The van der Waals surface area contributed by atoms with Crippen molar-refractivity contribution in [1.29, 1.82) is 0 Å². The lowest BCUT2D eigenvalue weighted by atomic mass is 9.94. The number of hydrogen-bond donors (Lipinski definition) is 2. The Bertz CT molecular complexity index is 1050. The average molecular weight is 454 g/mol. The topological polar surface area (TPSA) is 95.5 Å². The van der Waals surface area contributed by atoms with Gasteiger partial charge in [-0.25, -0.2) is 9.80 Å². The maximum absolute atomic E-state index is 12.6. The van der Waals surface area contributed by atoms with E-state index in [0.717, 1.165) is 16.7 Å². The van der Waals surface area contributed by atoms with Gasteiger partial charge in [0.2, 0.25) is 5.91 Å². The first-order chi connectivity index (χ1) is 15.8. The van der Waals surface area contributed by atoms with E-state index in [2.05, 4.69) is 10.6 Å². The maximum Gasteiger partial charge on any atom is 0.337 e. The first kappa shape index (κ1) is 24.1. The van der Waals surface area contributed by atoms with Crippen LogP contribution in [0.15, 0.2) is 41.5 Å². The van der Waals surface area contributed by atoms with Crippen molar-refractivity contribution in [2.45, 2.75) is 19.4 Å². The first-order valence-corrected chi connectivity index (χ1v) is 10.7. The van der Waals surface area contributed by atoms with Crippen LogP contribution in [0.4, 0.5) is 10.5 Å². The highest BCUT2D eigenvalue weighted by Gasteiger charge is 2.28. The molecule has 3 rings (SSSR count). The standard InChI is InChI=1S/C24H31N5O4/c1-15-11-17-12-20(32-5)21(33-6)13-19(17)23(27-29(15)24(31)25-2)16-7-9-18(10-8-16)26-22(30)14-28(3)4/h7-10,12-13,15H,11,14H2,1-6H3,(H,25,31)(H,26,30)/t15-/m0/s1. The van der Waals surface area contributed by atoms with Crippen molar-refractivity contribution in [2.75, 3.05) is 47.2 Å². The number of anilines is 1. The fourth-order valence-electron chi connectivity index (χ4n) is 3.75. The molecular weight excluding hydrogens is 422 g/mol. The van der Waals surface area contributed by atoms with Gasteiger partial charge in [0.05, 0.1) is 32.5 Å². The number of nitrogens with zero attached hydrogens (tertiary/aromatic N) is 3. The SMILES string of the molecule is CNC(=O)N1N=C(c2ccc(NC(=O)CN(C)C)cc2)c2cc(OC)c(OC)cc2C[C@@H]1C. The molecule has 1 atom stereocenters. The number of likely N-dealkylation sites (N-methyl/N-ethyl adjacent to an activating group) is 1. The summed E-state index contributed by atoms with van der Waals surface area (Å²) in [6.07, 6.45) is 0.592. The number of benzene rings is 2. The molecule has 2 aromatic rings. The predicted octanol–water partition coefficient (Wildman–Crippen LogP) is 2.54. The lowest BCUT2D eigenvalue weighted by Gasteiger charge is -2.22. The summed E-state index contributed by atoms with van der Waals surface area (Å²) in [5.41, 5.74) is 3.97. The van der Waals surface area contributed by atoms with Crippen LogP contribution in [0.25, 0.3) is 0 Å². The first-order valence-electron chi connectivity index (χ1n) is 10.7. The third-order valence-corrected chi connectivity index (χ3v) is 5.33. The van der Waals surface area contributed by atoms with Gasteiger partial charge in [0.1, 0.15) is 0 Å². The minimum absolute atomic E-state index is 0.0960. The van der Waals surface area contributed by atoms with Crippen LogP contribution in [0.2, 0.25) is 0 Å². The Morgan fingerprint density at radius 3 is 2.33 bits per heavy atom. The number of ether oxygens (including phenoxy) is 2. The summed E-state index contributed by atoms with van der Waals surface area (Å²) in [4.78, 5) is 26.5. The molecule has 33 heavy (non-hydrogen) atoms. The monoisotopic (exact) mass is 453 g/mol. The number of rotatable bonds is 6. The quantitative estimate of drug-likeness (QED) is 0.701. The fourth-order valence-corrected chi connectivity index (χ4v) is 3.75. The summed E-state index contributed by atoms with van der Waals surface area (Å²) in [6.45, 7) is 2.24. The molecule has 2 N–H and O–H groups in total. The molecule has 0 spiro atoms. The van der Waals surface area contributed by atoms with E-state index >= 15 is 0 Å². The van der Waals surface area contributed by atoms with Crippen LogP contribution in [0.5, 0.6) is 11.5 Å². The zero-order valence-electron chi connectivity index (χ0n) is 19.9. The minimum atomic E-state index is -0.292. The van der Waals surface area contributed by atoms with Gasteiger partial charge < -0.3 is 25.0 Å². The number of methoxy groups -OCH3 is 2. The summed E-state index contributed by atoms with van der Waals surface area (Å²) in [5, 5.41) is 11.7. The van der Waals surface area contributed by atoms with Crippen molar-refractivity contribution in [3.05, 3.63) is 53.1 Å². The van der Waals surface area contributed by atoms with E-state index in [-0.39, 0.29) is 18.0 Å². The molecule has 3 amide bonds. The van der Waals surface area contributed by atoms with Crippen molar-refractivity contribution < 1.29 is 19.1 Å². The predicted molar refractivity (Wildman–Crippen MR) is 128 cm³/mol. The number of nitrogens with one attached hydrogen (secondary N) is 2. The smallest absolute Gasteiger partial charge is 0.337 e. The highest BCUT2D eigenvalue weighted by Crippen LogP contribution is 2.34. The second kappa shape index (κ2) is 10.4. The molecular formula is C24H31N5O4. The largest absolute Gasteiger partial charge is 0.493 e. The molecule has 0 fully saturated rings. The van der Waals surface area contributed by atoms with Gasteiger partial charge in [-0.1, -0.05) is 12.1 Å². The van der Waals surface area contributed by atoms with Crippen molar-refractivity contribution >= 4 is 23.3 Å². The summed E-state index contributed by atoms with van der Waals surface area (Å²) in [7, 11) is 8.45. The number of hydrazone groups is 1. The fraction of sp³-hybridized carbons (Fsp3) is 0.375. The minimum Gasteiger partial charge on any atom is -0.493 e. The Balaban J connectivity index is 2.06. The van der Waals surface area contributed by atoms with Gasteiger partial charge in [-0.2, -0.15) is 5.10 Å². The number of carbonyl (C=O) groups is 2. The molecule has 1 heterocycles. The molecule has 1 aliphatic heterocycles. The van der Waals surface area contributed by atoms with Crippen LogP contribution in [-0.2, 0) is 11.2 Å². The van der Waals surface area contributed by atoms with Crippen molar-refractivity contribution in [2.24, 2.45) is 5.10 Å². The lowest BCUT2D eigenvalue weighted by molar-refractivity contribution is -0.116. The van der Waals surface area contributed by atoms with Crippen LogP contribution in [0, 0.1) is 0 Å². The van der Waals surface area contributed by atoms with Crippen LogP contribution in [0.3, 0.4) is 0 Å². The second-order valence-electron chi connectivity index (χ2n) is 8.13. The molecule has 9 heteroatoms. The van der Waals surface area contributed by atoms with E-state index in [0.29, 0.717) is 35.9 Å². The number of amides is 3. The zero-order chi connectivity index (χ0) is 24.1. The van der Waals surface area contributed by atoms with Gasteiger partial charge in [-0.3, -0.25) is 4.79 Å². The highest BCUT2D eigenvalue weighted by atomic mass is 16.5. The van der Waals surface area contributed by atoms with E-state index in [1.54, 1.807) is 26.2 Å². The molecule has 0 radical (unpaired) electrons. The van der Waals surface area contributed by atoms with Gasteiger partial charge in [0.15, 0.2) is 11.5 Å². The summed E-state index contributed by atoms with van der Waals surface area (Å²) < 4.78 is 11.0. The Kier molecular flexibility index (Phi) is 7.55. The van der Waals surface area contributed by atoms with Crippen molar-refractivity contribution in [1.82, 2.24) is 15.2 Å². The normalized spacial score (nSPS) is 15.3. The number of hydrogen-bond acceptors (Lipinski definition) is 6. The molecule has 2 aromatic carbocycles. The molecule has 9 nitrogen and oxygen atoms in total. The Morgan fingerprint density at radius 1 is 1.12 bits per heavy atom. The average Bonchev–Trinajstić information content (AvgIpc) is 2.93. The second-order valence-corrected chi connectivity index (χ2v) is 8.13. The van der Waals surface area contributed by atoms with Gasteiger partial charge >= 0.3 is 6.03 Å². The van der Waals surface area contributed by atoms with Crippen molar-refractivity contribution in [3.63, 3.8) is 0 Å². The summed E-state index contributed by atoms with van der Waals surface area (Å²) >= 11 is 0. The van der Waals surface area contributed by atoms with Crippen LogP contribution in [0.1, 0.15) is 23.6 Å². The maximum atomic E-state index is 12.6. The van der Waals surface area contributed by atoms with E-state index in [1.165, 1.54) is 5.01 Å². The van der Waals surface area contributed by atoms with E-state index in [1.807, 2.05) is 57.4 Å². The molecule has 0 bridgehead atoms. The van der Waals surface area contributed by atoms with Gasteiger partial charge in [-0.05, 0) is 57.3 Å². The molecule has 176 valence electrons. The summed E-state index contributed by atoms with van der Waals surface area (Å²) in [5.74, 6) is 1.11. The van der Waals surface area contributed by atoms with Crippen LogP contribution < -0.4 is 20.1 Å². The molecule has 0 aromatic heterocycles. The Morgan fingerprint density at radius 2 is 1.76 bits per heavy atom. The van der Waals surface area contributed by atoms with Crippen LogP contribution in [-0.4, -0.2) is 75.5 Å². The number of urea groups is 1. The Hall–Kier alpha value is -3.59. The Labute approximate surface area is 194 Å².